The summed E-state index contributed by atoms with van der Waals surface area (Å²) in [6.07, 6.45) is 1.61. The van der Waals surface area contributed by atoms with E-state index in [4.69, 9.17) is 13.9 Å². The second-order valence-corrected chi connectivity index (χ2v) is 6.19. The van der Waals surface area contributed by atoms with Gasteiger partial charge >= 0.3 is 6.03 Å². The molecule has 4 rings (SSSR count). The summed E-state index contributed by atoms with van der Waals surface area (Å²) >= 11 is 0. The molecule has 2 aromatic rings. The third-order valence-electron chi connectivity index (χ3n) is 4.50. The Morgan fingerprint density at radius 2 is 1.92 bits per heavy atom. The van der Waals surface area contributed by atoms with Crippen LogP contribution in [0.1, 0.15) is 11.3 Å². The monoisotopic (exact) mass is 343 g/mol. The zero-order valence-corrected chi connectivity index (χ0v) is 13.9. The van der Waals surface area contributed by atoms with E-state index in [2.05, 4.69) is 16.3 Å². The fraction of sp³-hybridized carbons (Fsp3) is 0.389. The minimum absolute atomic E-state index is 0.0425. The van der Waals surface area contributed by atoms with Crippen LogP contribution < -0.4 is 14.8 Å². The molecule has 0 aliphatic carbocycles. The number of ether oxygens (including phenoxy) is 2. The molecule has 7 heteroatoms. The van der Waals surface area contributed by atoms with Crippen molar-refractivity contribution in [3.63, 3.8) is 0 Å². The lowest BCUT2D eigenvalue weighted by Gasteiger charge is -2.34. The average Bonchev–Trinajstić information content (AvgIpc) is 3.31. The lowest BCUT2D eigenvalue weighted by atomic mass is 10.1. The van der Waals surface area contributed by atoms with Crippen molar-refractivity contribution in [1.29, 1.82) is 0 Å². The van der Waals surface area contributed by atoms with Gasteiger partial charge < -0.3 is 24.1 Å². The first-order chi connectivity index (χ1) is 12.3. The Labute approximate surface area is 146 Å². The van der Waals surface area contributed by atoms with Gasteiger partial charge in [-0.05, 0) is 29.8 Å². The van der Waals surface area contributed by atoms with Gasteiger partial charge in [-0.15, -0.1) is 0 Å². The molecule has 2 amide bonds. The molecule has 2 aliphatic rings. The van der Waals surface area contributed by atoms with Gasteiger partial charge in [-0.3, -0.25) is 4.90 Å². The predicted molar refractivity (Wildman–Crippen MR) is 90.4 cm³/mol. The quantitative estimate of drug-likeness (QED) is 0.920. The number of hydrogen-bond acceptors (Lipinski definition) is 5. The molecular formula is C18H21N3O4. The van der Waals surface area contributed by atoms with E-state index in [1.54, 1.807) is 6.26 Å². The van der Waals surface area contributed by atoms with E-state index in [-0.39, 0.29) is 6.03 Å². The number of hydrogen-bond donors (Lipinski definition) is 1. The van der Waals surface area contributed by atoms with Crippen LogP contribution in [0.15, 0.2) is 41.0 Å². The Balaban J connectivity index is 1.24. The molecule has 0 spiro atoms. The van der Waals surface area contributed by atoms with Crippen molar-refractivity contribution in [2.75, 3.05) is 33.0 Å². The summed E-state index contributed by atoms with van der Waals surface area (Å²) in [4.78, 5) is 16.4. The van der Waals surface area contributed by atoms with Gasteiger partial charge in [0.15, 0.2) is 11.5 Å². The zero-order chi connectivity index (χ0) is 17.1. The van der Waals surface area contributed by atoms with Crippen LogP contribution in [0, 0.1) is 0 Å². The number of carbonyl (C=O) groups is 1. The summed E-state index contributed by atoms with van der Waals surface area (Å²) in [6, 6.07) is 9.68. The molecule has 1 fully saturated rings. The molecule has 2 aliphatic heterocycles. The first kappa shape index (κ1) is 15.8. The van der Waals surface area contributed by atoms with E-state index < -0.39 is 0 Å². The maximum absolute atomic E-state index is 12.2. The summed E-state index contributed by atoms with van der Waals surface area (Å²) in [5.41, 5.74) is 1.19. The lowest BCUT2D eigenvalue weighted by molar-refractivity contribution is 0.134. The maximum Gasteiger partial charge on any atom is 0.317 e. The van der Waals surface area contributed by atoms with E-state index in [9.17, 15) is 4.79 Å². The molecule has 0 saturated carbocycles. The number of nitrogens with one attached hydrogen (secondary N) is 1. The number of benzene rings is 1. The summed E-state index contributed by atoms with van der Waals surface area (Å²) in [7, 11) is 0. The second kappa shape index (κ2) is 7.06. The van der Waals surface area contributed by atoms with Crippen LogP contribution in [0.3, 0.4) is 0 Å². The standard InChI is InChI=1S/C18H21N3O4/c22-18(19-11-15-2-1-9-23-15)21-7-5-20(6-8-21)12-14-3-4-16-17(10-14)25-13-24-16/h1-4,9-10H,5-8,11-13H2,(H,19,22). The third-order valence-corrected chi connectivity index (χ3v) is 4.50. The molecule has 0 atom stereocenters. The first-order valence-electron chi connectivity index (χ1n) is 8.44. The molecule has 1 saturated heterocycles. The van der Waals surface area contributed by atoms with Gasteiger partial charge in [0.05, 0.1) is 12.8 Å². The van der Waals surface area contributed by atoms with Gasteiger partial charge in [0.25, 0.3) is 0 Å². The minimum Gasteiger partial charge on any atom is -0.467 e. The Morgan fingerprint density at radius 1 is 1.08 bits per heavy atom. The van der Waals surface area contributed by atoms with Crippen molar-refractivity contribution in [2.45, 2.75) is 13.1 Å². The highest BCUT2D eigenvalue weighted by molar-refractivity contribution is 5.74. The van der Waals surface area contributed by atoms with Crippen molar-refractivity contribution in [2.24, 2.45) is 0 Å². The number of rotatable bonds is 4. The Morgan fingerprint density at radius 3 is 2.72 bits per heavy atom. The number of amides is 2. The Bertz CT molecular complexity index is 724. The molecule has 3 heterocycles. The van der Waals surface area contributed by atoms with Crippen molar-refractivity contribution in [3.8, 4) is 11.5 Å². The number of fused-ring (bicyclic) bond motifs is 1. The minimum atomic E-state index is -0.0425. The largest absolute Gasteiger partial charge is 0.467 e. The summed E-state index contributed by atoms with van der Waals surface area (Å²) in [5, 5.41) is 2.89. The van der Waals surface area contributed by atoms with E-state index in [0.717, 1.165) is 36.9 Å². The van der Waals surface area contributed by atoms with Crippen molar-refractivity contribution >= 4 is 6.03 Å². The van der Waals surface area contributed by atoms with Gasteiger partial charge in [-0.2, -0.15) is 0 Å². The molecular weight excluding hydrogens is 322 g/mol. The molecule has 132 valence electrons. The predicted octanol–water partition coefficient (Wildman–Crippen LogP) is 2.04. The highest BCUT2D eigenvalue weighted by atomic mass is 16.7. The number of nitrogens with zero attached hydrogens (tertiary/aromatic N) is 2. The Kier molecular flexibility index (Phi) is 4.47. The second-order valence-electron chi connectivity index (χ2n) is 6.19. The molecule has 1 aromatic heterocycles. The van der Waals surface area contributed by atoms with E-state index in [1.807, 2.05) is 29.2 Å². The first-order valence-corrected chi connectivity index (χ1v) is 8.44. The molecule has 7 nitrogen and oxygen atoms in total. The smallest absolute Gasteiger partial charge is 0.317 e. The fourth-order valence-electron chi connectivity index (χ4n) is 3.09. The van der Waals surface area contributed by atoms with Gasteiger partial charge in [0.1, 0.15) is 5.76 Å². The van der Waals surface area contributed by atoms with Gasteiger partial charge in [0.2, 0.25) is 6.79 Å². The zero-order valence-electron chi connectivity index (χ0n) is 13.9. The Hall–Kier alpha value is -2.67. The summed E-state index contributed by atoms with van der Waals surface area (Å²) < 4.78 is 16.0. The molecule has 1 N–H and O–H groups in total. The third kappa shape index (κ3) is 3.71. The number of urea groups is 1. The summed E-state index contributed by atoms with van der Waals surface area (Å²) in [6.45, 7) is 4.70. The highest BCUT2D eigenvalue weighted by Gasteiger charge is 2.22. The number of piperazine rings is 1. The van der Waals surface area contributed by atoms with Crippen LogP contribution in [0.2, 0.25) is 0 Å². The van der Waals surface area contributed by atoms with E-state index >= 15 is 0 Å². The normalized spacial score (nSPS) is 16.9. The molecule has 0 radical (unpaired) electrons. The van der Waals surface area contributed by atoms with Crippen LogP contribution in [-0.4, -0.2) is 48.8 Å². The van der Waals surface area contributed by atoms with Crippen molar-refractivity contribution in [1.82, 2.24) is 15.1 Å². The molecule has 25 heavy (non-hydrogen) atoms. The van der Waals surface area contributed by atoms with Gasteiger partial charge in [0, 0.05) is 32.7 Å². The van der Waals surface area contributed by atoms with E-state index in [1.165, 1.54) is 5.56 Å². The van der Waals surface area contributed by atoms with Crippen LogP contribution in [0.5, 0.6) is 11.5 Å². The van der Waals surface area contributed by atoms with Gasteiger partial charge in [-0.1, -0.05) is 6.07 Å². The highest BCUT2D eigenvalue weighted by Crippen LogP contribution is 2.32. The molecule has 0 bridgehead atoms. The topological polar surface area (TPSA) is 67.2 Å². The van der Waals surface area contributed by atoms with Crippen LogP contribution in [0.25, 0.3) is 0 Å². The average molecular weight is 343 g/mol. The van der Waals surface area contributed by atoms with Crippen LogP contribution in [0.4, 0.5) is 4.79 Å². The van der Waals surface area contributed by atoms with Crippen LogP contribution in [-0.2, 0) is 13.1 Å². The fourth-order valence-corrected chi connectivity index (χ4v) is 3.09. The SMILES string of the molecule is O=C(NCc1ccco1)N1CCN(Cc2ccc3c(c2)OCO3)CC1. The number of carbonyl (C=O) groups excluding carboxylic acids is 1. The maximum atomic E-state index is 12.2. The summed E-state index contributed by atoms with van der Waals surface area (Å²) in [5.74, 6) is 2.38. The number of furan rings is 1. The van der Waals surface area contributed by atoms with E-state index in [0.29, 0.717) is 26.4 Å². The van der Waals surface area contributed by atoms with Crippen LogP contribution >= 0.6 is 0 Å². The molecule has 1 aromatic carbocycles. The lowest BCUT2D eigenvalue weighted by Crippen LogP contribution is -2.51. The molecule has 0 unspecified atom stereocenters. The van der Waals surface area contributed by atoms with Crippen molar-refractivity contribution < 1.29 is 18.7 Å². The van der Waals surface area contributed by atoms with Gasteiger partial charge in [-0.25, -0.2) is 4.79 Å². The van der Waals surface area contributed by atoms with Crippen molar-refractivity contribution in [3.05, 3.63) is 47.9 Å².